The van der Waals surface area contributed by atoms with Gasteiger partial charge in [-0.2, -0.15) is 10.1 Å². The molecule has 4 N–H and O–H groups in total. The number of nitrogens with zero attached hydrogens (tertiary/aromatic N) is 5. The lowest BCUT2D eigenvalue weighted by atomic mass is 9.72. The van der Waals surface area contributed by atoms with Crippen LogP contribution in [0.2, 0.25) is 0 Å². The van der Waals surface area contributed by atoms with Gasteiger partial charge in [0.1, 0.15) is 16.8 Å². The van der Waals surface area contributed by atoms with Crippen LogP contribution in [0.3, 0.4) is 0 Å². The summed E-state index contributed by atoms with van der Waals surface area (Å²) in [6, 6.07) is 5.30. The minimum absolute atomic E-state index is 0.0555. The summed E-state index contributed by atoms with van der Waals surface area (Å²) in [5, 5.41) is 10.8. The largest absolute Gasteiger partial charge is 0.496 e. The molecule has 2 saturated carbocycles. The molecule has 36 heavy (non-hydrogen) atoms. The van der Waals surface area contributed by atoms with E-state index >= 15 is 0 Å². The molecular formula is C25H30N8O3. The number of aromatic nitrogens is 4. The van der Waals surface area contributed by atoms with Crippen LogP contribution in [0.5, 0.6) is 5.75 Å². The predicted octanol–water partition coefficient (Wildman–Crippen LogP) is 1.64. The maximum atomic E-state index is 13.1. The van der Waals surface area contributed by atoms with Crippen molar-refractivity contribution in [1.82, 2.24) is 30.0 Å². The molecule has 188 valence electrons. The second kappa shape index (κ2) is 8.65. The highest BCUT2D eigenvalue weighted by Crippen LogP contribution is 2.63. The highest BCUT2D eigenvalue weighted by atomic mass is 16.5. The number of amides is 2. The van der Waals surface area contributed by atoms with Crippen molar-refractivity contribution in [3.63, 3.8) is 0 Å². The highest BCUT2D eigenvalue weighted by Gasteiger charge is 2.52. The van der Waals surface area contributed by atoms with Crippen molar-refractivity contribution in [3.8, 4) is 5.75 Å². The average molecular weight is 491 g/mol. The molecule has 1 aromatic carbocycles. The molecule has 0 bridgehead atoms. The number of piperazine rings is 1. The van der Waals surface area contributed by atoms with E-state index in [0.717, 1.165) is 17.6 Å². The number of rotatable bonds is 7. The van der Waals surface area contributed by atoms with Crippen LogP contribution in [0.1, 0.15) is 41.6 Å². The zero-order chi connectivity index (χ0) is 24.9. The van der Waals surface area contributed by atoms with E-state index in [1.54, 1.807) is 41.1 Å². The van der Waals surface area contributed by atoms with E-state index in [1.165, 1.54) is 25.7 Å². The van der Waals surface area contributed by atoms with Crippen molar-refractivity contribution in [2.45, 2.75) is 32.2 Å². The number of fused-ring (bicyclic) bond motifs is 1. The molecule has 3 heterocycles. The molecule has 11 nitrogen and oxygen atoms in total. The lowest BCUT2D eigenvalue weighted by molar-refractivity contribution is -0.123. The van der Waals surface area contributed by atoms with Crippen LogP contribution in [0, 0.1) is 11.3 Å². The first-order chi connectivity index (χ1) is 17.4. The summed E-state index contributed by atoms with van der Waals surface area (Å²) >= 11 is 0. The van der Waals surface area contributed by atoms with Gasteiger partial charge in [0.05, 0.1) is 26.4 Å². The fourth-order valence-electron chi connectivity index (χ4n) is 5.59. The summed E-state index contributed by atoms with van der Waals surface area (Å²) in [6.45, 7) is 2.18. The Kier molecular flexibility index (Phi) is 5.42. The van der Waals surface area contributed by atoms with Gasteiger partial charge in [-0.15, -0.1) is 0 Å². The highest BCUT2D eigenvalue weighted by molar-refractivity contribution is 5.97. The second-order valence-corrected chi connectivity index (χ2v) is 10.2. The second-order valence-electron chi connectivity index (χ2n) is 10.2. The number of nitrogens with two attached hydrogens (primary N) is 1. The van der Waals surface area contributed by atoms with Gasteiger partial charge in [-0.3, -0.25) is 14.3 Å². The first-order valence-electron chi connectivity index (χ1n) is 12.4. The summed E-state index contributed by atoms with van der Waals surface area (Å²) in [5.41, 5.74) is 9.32. The van der Waals surface area contributed by atoms with Crippen molar-refractivity contribution in [1.29, 1.82) is 0 Å². The molecule has 1 aliphatic heterocycles. The van der Waals surface area contributed by atoms with Crippen LogP contribution in [0.25, 0.3) is 11.0 Å². The third-order valence-corrected chi connectivity index (χ3v) is 7.64. The number of carbonyl (C=O) groups is 2. The van der Waals surface area contributed by atoms with Crippen molar-refractivity contribution in [2.75, 3.05) is 44.3 Å². The van der Waals surface area contributed by atoms with Gasteiger partial charge in [0.25, 0.3) is 5.91 Å². The molecule has 2 amide bonds. The van der Waals surface area contributed by atoms with Crippen LogP contribution in [0.4, 0.5) is 11.8 Å². The lowest BCUT2D eigenvalue weighted by Crippen LogP contribution is -2.49. The lowest BCUT2D eigenvalue weighted by Gasteiger charge is -2.36. The molecule has 6 rings (SSSR count). The summed E-state index contributed by atoms with van der Waals surface area (Å²) in [5.74, 6) is 1.81. The standard InChI is InChI=1S/C25H30N8O3/c1-36-19-3-2-16(23(35)32-7-6-27-20(34)14-32)8-17(19)13-33-21-18(12-29-33)30-24(26)31-22(21)28-11-15-9-25(10-15)4-5-25/h2-3,8,12,15H,4-7,9-11,13-14H2,1H3,(H,27,34)(H3,26,28,30,31). The van der Waals surface area contributed by atoms with E-state index < -0.39 is 0 Å². The van der Waals surface area contributed by atoms with Gasteiger partial charge in [-0.25, -0.2) is 4.98 Å². The molecule has 11 heteroatoms. The minimum atomic E-state index is -0.188. The molecular weight excluding hydrogens is 460 g/mol. The van der Waals surface area contributed by atoms with Crippen LogP contribution >= 0.6 is 0 Å². The Labute approximate surface area is 208 Å². The summed E-state index contributed by atoms with van der Waals surface area (Å²) in [4.78, 5) is 35.2. The van der Waals surface area contributed by atoms with Gasteiger partial charge >= 0.3 is 0 Å². The van der Waals surface area contributed by atoms with Crippen LogP contribution in [0.15, 0.2) is 24.4 Å². The van der Waals surface area contributed by atoms with E-state index in [-0.39, 0.29) is 24.3 Å². The summed E-state index contributed by atoms with van der Waals surface area (Å²) < 4.78 is 7.39. The van der Waals surface area contributed by atoms with Crippen LogP contribution < -0.4 is 21.1 Å². The number of nitrogen functional groups attached to an aromatic ring is 1. The molecule has 3 fully saturated rings. The molecule has 1 spiro atoms. The fourth-order valence-corrected chi connectivity index (χ4v) is 5.59. The normalized spacial score (nSPS) is 18.7. The molecule has 0 radical (unpaired) electrons. The first-order valence-corrected chi connectivity index (χ1v) is 12.4. The number of ether oxygens (including phenoxy) is 1. The minimum Gasteiger partial charge on any atom is -0.496 e. The third kappa shape index (κ3) is 4.18. The predicted molar refractivity (Wildman–Crippen MR) is 134 cm³/mol. The van der Waals surface area contributed by atoms with E-state index in [2.05, 4.69) is 25.7 Å². The van der Waals surface area contributed by atoms with Crippen LogP contribution in [-0.2, 0) is 11.3 Å². The summed E-state index contributed by atoms with van der Waals surface area (Å²) in [6.07, 6.45) is 6.97. The van der Waals surface area contributed by atoms with Crippen molar-refractivity contribution in [2.24, 2.45) is 11.3 Å². The Hall–Kier alpha value is -3.89. The van der Waals surface area contributed by atoms with Gasteiger partial charge in [0.2, 0.25) is 11.9 Å². The maximum Gasteiger partial charge on any atom is 0.254 e. The molecule has 3 aliphatic rings. The van der Waals surface area contributed by atoms with Gasteiger partial charge in [0.15, 0.2) is 5.82 Å². The van der Waals surface area contributed by atoms with Crippen molar-refractivity contribution in [3.05, 3.63) is 35.5 Å². The zero-order valence-electron chi connectivity index (χ0n) is 20.3. The van der Waals surface area contributed by atoms with E-state index in [4.69, 9.17) is 10.5 Å². The Morgan fingerprint density at radius 1 is 1.31 bits per heavy atom. The first kappa shape index (κ1) is 22.6. The monoisotopic (exact) mass is 490 g/mol. The quantitative estimate of drug-likeness (QED) is 0.454. The van der Waals surface area contributed by atoms with Gasteiger partial charge in [-0.05, 0) is 55.2 Å². The third-order valence-electron chi connectivity index (χ3n) is 7.64. The maximum absolute atomic E-state index is 13.1. The molecule has 2 aromatic heterocycles. The van der Waals surface area contributed by atoms with Gasteiger partial charge in [0, 0.05) is 30.8 Å². The number of benzene rings is 1. The van der Waals surface area contributed by atoms with Gasteiger partial charge in [-0.1, -0.05) is 0 Å². The Morgan fingerprint density at radius 3 is 2.89 bits per heavy atom. The molecule has 2 aliphatic carbocycles. The number of anilines is 2. The zero-order valence-corrected chi connectivity index (χ0v) is 20.3. The molecule has 0 unspecified atom stereocenters. The molecule has 0 atom stereocenters. The number of nitrogens with one attached hydrogen (secondary N) is 2. The van der Waals surface area contributed by atoms with Crippen molar-refractivity contribution < 1.29 is 14.3 Å². The summed E-state index contributed by atoms with van der Waals surface area (Å²) in [7, 11) is 1.60. The SMILES string of the molecule is COc1ccc(C(=O)N2CCNC(=O)C2)cc1Cn1ncc2nc(N)nc(NCC3CC4(CC4)C3)c21. The van der Waals surface area contributed by atoms with E-state index in [9.17, 15) is 9.59 Å². The van der Waals surface area contributed by atoms with E-state index in [1.807, 2.05) is 0 Å². The van der Waals surface area contributed by atoms with Gasteiger partial charge < -0.3 is 26.0 Å². The number of hydrogen-bond acceptors (Lipinski definition) is 8. The van der Waals surface area contributed by atoms with Crippen molar-refractivity contribution >= 4 is 34.6 Å². The smallest absolute Gasteiger partial charge is 0.254 e. The fraction of sp³-hybridized carbons (Fsp3) is 0.480. The Balaban J connectivity index is 1.26. The average Bonchev–Trinajstić information content (AvgIpc) is 3.56. The number of hydrogen-bond donors (Lipinski definition) is 3. The van der Waals surface area contributed by atoms with E-state index in [0.29, 0.717) is 53.6 Å². The number of carbonyl (C=O) groups excluding carboxylic acids is 2. The number of methoxy groups -OCH3 is 1. The molecule has 3 aromatic rings. The molecule has 1 saturated heterocycles. The van der Waals surface area contributed by atoms with Crippen LogP contribution in [-0.4, -0.2) is 69.8 Å². The topological polar surface area (TPSA) is 140 Å². The Morgan fingerprint density at radius 2 is 2.14 bits per heavy atom. The Bertz CT molecular complexity index is 1340.